The average Bonchev–Trinajstić information content (AvgIpc) is 2.44. The highest BCUT2D eigenvalue weighted by molar-refractivity contribution is 6.68. The summed E-state index contributed by atoms with van der Waals surface area (Å²) < 4.78 is 11.1. The molecule has 0 saturated heterocycles. The number of benzene rings is 1. The second-order valence-electron chi connectivity index (χ2n) is 6.93. The lowest BCUT2D eigenvalue weighted by atomic mass is 9.90. The highest BCUT2D eigenvalue weighted by atomic mass is 35.5. The Bertz CT molecular complexity index is 634. The molecule has 0 unspecified atom stereocenters. The summed E-state index contributed by atoms with van der Waals surface area (Å²) in [5.74, 6) is -0.107. The van der Waals surface area contributed by atoms with Crippen molar-refractivity contribution in [3.63, 3.8) is 0 Å². The summed E-state index contributed by atoms with van der Waals surface area (Å²) in [7, 11) is 0. The van der Waals surface area contributed by atoms with Gasteiger partial charge in [-0.1, -0.05) is 11.6 Å². The lowest BCUT2D eigenvalue weighted by molar-refractivity contribution is -0.185. The first-order valence-electron chi connectivity index (χ1n) is 7.50. The fourth-order valence-electron chi connectivity index (χ4n) is 2.43. The van der Waals surface area contributed by atoms with Gasteiger partial charge in [0.15, 0.2) is 5.60 Å². The van der Waals surface area contributed by atoms with Crippen molar-refractivity contribution >= 4 is 22.7 Å². The van der Waals surface area contributed by atoms with Crippen molar-refractivity contribution in [2.24, 2.45) is 0 Å². The van der Waals surface area contributed by atoms with Gasteiger partial charge in [-0.05, 0) is 64.3 Å². The summed E-state index contributed by atoms with van der Waals surface area (Å²) in [6.45, 7) is 6.67. The third-order valence-corrected chi connectivity index (χ3v) is 3.92. The summed E-state index contributed by atoms with van der Waals surface area (Å²) in [5, 5.41) is 18.0. The number of nitrogens with one attached hydrogen (secondary N) is 1. The average molecular weight is 340 g/mol. The molecule has 2 N–H and O–H groups in total. The van der Waals surface area contributed by atoms with Crippen LogP contribution in [0.3, 0.4) is 0 Å². The van der Waals surface area contributed by atoms with Crippen molar-refractivity contribution < 1.29 is 19.4 Å². The number of carbonyl (C=O) groups excluding carboxylic acids is 1. The summed E-state index contributed by atoms with van der Waals surface area (Å²) in [6, 6.07) is 5.18. The van der Waals surface area contributed by atoms with Crippen LogP contribution in [0.5, 0.6) is 5.75 Å². The van der Waals surface area contributed by atoms with E-state index in [1.54, 1.807) is 39.0 Å². The Morgan fingerprint density at radius 1 is 1.39 bits per heavy atom. The molecule has 0 saturated carbocycles. The van der Waals surface area contributed by atoms with Crippen molar-refractivity contribution in [3.05, 3.63) is 29.3 Å². The SMILES string of the molecule is CC(C)(C)OC(=O)[C@@](C)(O)[C@H]1CCc2cc(C(=N)Cl)ccc2O1. The van der Waals surface area contributed by atoms with Crippen molar-refractivity contribution in [3.8, 4) is 5.75 Å². The Kier molecular flexibility index (Phi) is 4.74. The van der Waals surface area contributed by atoms with Crippen LogP contribution < -0.4 is 4.74 Å². The highest BCUT2D eigenvalue weighted by Gasteiger charge is 2.45. The molecule has 1 aromatic rings. The van der Waals surface area contributed by atoms with Gasteiger partial charge in [-0.2, -0.15) is 0 Å². The van der Waals surface area contributed by atoms with Gasteiger partial charge in [0, 0.05) is 5.56 Å². The van der Waals surface area contributed by atoms with Gasteiger partial charge in [0.05, 0.1) is 0 Å². The third kappa shape index (κ3) is 4.03. The maximum absolute atomic E-state index is 12.2. The van der Waals surface area contributed by atoms with Crippen LogP contribution in [0.1, 0.15) is 45.2 Å². The topological polar surface area (TPSA) is 79.6 Å². The maximum atomic E-state index is 12.2. The summed E-state index contributed by atoms with van der Waals surface area (Å²) in [5.41, 5.74) is -0.887. The van der Waals surface area contributed by atoms with Crippen molar-refractivity contribution in [1.29, 1.82) is 5.41 Å². The number of aryl methyl sites for hydroxylation is 1. The zero-order valence-electron chi connectivity index (χ0n) is 13.8. The van der Waals surface area contributed by atoms with E-state index in [4.69, 9.17) is 26.5 Å². The lowest BCUT2D eigenvalue weighted by Crippen LogP contribution is -2.53. The molecule has 1 aliphatic rings. The number of carbonyl (C=O) groups is 1. The molecule has 2 rings (SSSR count). The van der Waals surface area contributed by atoms with Crippen molar-refractivity contribution in [2.75, 3.05) is 0 Å². The molecule has 0 aromatic heterocycles. The molecular weight excluding hydrogens is 318 g/mol. The number of halogens is 1. The standard InChI is InChI=1S/C17H22ClNO4/c1-16(2,3)23-15(20)17(4,21)13-8-6-10-9-11(14(18)19)5-7-12(10)22-13/h5,7,9,13,19,21H,6,8H2,1-4H3/t13-,17+/m1/s1. The van der Waals surface area contributed by atoms with Gasteiger partial charge in [0.25, 0.3) is 0 Å². The molecular formula is C17H22ClNO4. The molecule has 0 amide bonds. The number of hydrogen-bond donors (Lipinski definition) is 2. The molecule has 0 bridgehead atoms. The Morgan fingerprint density at radius 3 is 2.61 bits per heavy atom. The molecule has 1 aliphatic heterocycles. The van der Waals surface area contributed by atoms with Crippen LogP contribution in [0.4, 0.5) is 0 Å². The Morgan fingerprint density at radius 2 is 2.04 bits per heavy atom. The predicted octanol–water partition coefficient (Wildman–Crippen LogP) is 3.04. The van der Waals surface area contributed by atoms with Gasteiger partial charge >= 0.3 is 5.97 Å². The van der Waals surface area contributed by atoms with Crippen LogP contribution in [-0.2, 0) is 16.0 Å². The monoisotopic (exact) mass is 339 g/mol. The van der Waals surface area contributed by atoms with E-state index in [2.05, 4.69) is 0 Å². The van der Waals surface area contributed by atoms with Gasteiger partial charge < -0.3 is 14.6 Å². The first-order chi connectivity index (χ1) is 10.5. The van der Waals surface area contributed by atoms with E-state index in [1.807, 2.05) is 0 Å². The Labute approximate surface area is 141 Å². The number of aliphatic hydroxyl groups is 1. The lowest BCUT2D eigenvalue weighted by Gasteiger charge is -2.36. The molecule has 5 nitrogen and oxygen atoms in total. The van der Waals surface area contributed by atoms with Gasteiger partial charge in [-0.25, -0.2) is 4.79 Å². The molecule has 1 aromatic carbocycles. The summed E-state index contributed by atoms with van der Waals surface area (Å²) >= 11 is 5.69. The maximum Gasteiger partial charge on any atom is 0.342 e. The second-order valence-corrected chi connectivity index (χ2v) is 7.31. The second kappa shape index (κ2) is 6.13. The normalized spacial score (nSPS) is 20.0. The quantitative estimate of drug-likeness (QED) is 0.655. The fraction of sp³-hybridized carbons (Fsp3) is 0.529. The molecule has 23 heavy (non-hydrogen) atoms. The molecule has 6 heteroatoms. The van der Waals surface area contributed by atoms with Gasteiger partial charge in [-0.15, -0.1) is 0 Å². The molecule has 0 fully saturated rings. The summed E-state index contributed by atoms with van der Waals surface area (Å²) in [4.78, 5) is 12.2. The van der Waals surface area contributed by atoms with Gasteiger partial charge in [0.2, 0.25) is 0 Å². The van der Waals surface area contributed by atoms with E-state index in [0.29, 0.717) is 24.2 Å². The first-order valence-corrected chi connectivity index (χ1v) is 7.88. The van der Waals surface area contributed by atoms with Crippen molar-refractivity contribution in [1.82, 2.24) is 0 Å². The molecule has 0 spiro atoms. The van der Waals surface area contributed by atoms with Crippen LogP contribution in [0.25, 0.3) is 0 Å². The Hall–Kier alpha value is -1.59. The van der Waals surface area contributed by atoms with Gasteiger partial charge in [-0.3, -0.25) is 5.41 Å². The van der Waals surface area contributed by atoms with E-state index in [-0.39, 0.29) is 5.17 Å². The number of ether oxygens (including phenoxy) is 2. The van der Waals surface area contributed by atoms with E-state index in [0.717, 1.165) is 5.56 Å². The number of fused-ring (bicyclic) bond motifs is 1. The van der Waals surface area contributed by atoms with Crippen LogP contribution in [0.15, 0.2) is 18.2 Å². The highest BCUT2D eigenvalue weighted by Crippen LogP contribution is 2.33. The van der Waals surface area contributed by atoms with E-state index >= 15 is 0 Å². The summed E-state index contributed by atoms with van der Waals surface area (Å²) in [6.07, 6.45) is 0.404. The zero-order chi connectivity index (χ0) is 17.4. The first kappa shape index (κ1) is 17.8. The fourth-order valence-corrected chi connectivity index (χ4v) is 2.55. The predicted molar refractivity (Wildman–Crippen MR) is 88.3 cm³/mol. The minimum Gasteiger partial charge on any atom is -0.486 e. The Balaban J connectivity index is 2.18. The van der Waals surface area contributed by atoms with Crippen LogP contribution in [-0.4, -0.2) is 33.6 Å². The molecule has 1 heterocycles. The van der Waals surface area contributed by atoms with Crippen LogP contribution in [0, 0.1) is 5.41 Å². The minimum atomic E-state index is -1.73. The van der Waals surface area contributed by atoms with E-state index < -0.39 is 23.3 Å². The smallest absolute Gasteiger partial charge is 0.342 e. The number of hydrogen-bond acceptors (Lipinski definition) is 5. The van der Waals surface area contributed by atoms with Crippen LogP contribution >= 0.6 is 11.6 Å². The number of esters is 1. The van der Waals surface area contributed by atoms with Gasteiger partial charge in [0.1, 0.15) is 22.6 Å². The number of rotatable bonds is 3. The van der Waals surface area contributed by atoms with Crippen molar-refractivity contribution in [2.45, 2.75) is 57.8 Å². The van der Waals surface area contributed by atoms with Crippen LogP contribution in [0.2, 0.25) is 0 Å². The molecule has 0 aliphatic carbocycles. The molecule has 2 atom stereocenters. The third-order valence-electron chi connectivity index (χ3n) is 3.70. The van der Waals surface area contributed by atoms with E-state index in [1.165, 1.54) is 6.92 Å². The van der Waals surface area contributed by atoms with E-state index in [9.17, 15) is 9.90 Å². The zero-order valence-corrected chi connectivity index (χ0v) is 14.5. The molecule has 0 radical (unpaired) electrons. The minimum absolute atomic E-state index is 0.0318. The molecule has 126 valence electrons. The largest absolute Gasteiger partial charge is 0.486 e.